The maximum atomic E-state index is 12.6. The number of nitrogens with zero attached hydrogens (tertiary/aromatic N) is 2. The average Bonchev–Trinajstić information content (AvgIpc) is 3.30. The van der Waals surface area contributed by atoms with Gasteiger partial charge in [-0.3, -0.25) is 4.79 Å². The number of rotatable bonds is 4. The standard InChI is InChI=1S/C15H21N3O2/c19-13-5-3-9-17-14(13)15(20)18(12-6-7-12)10-11-4-1-2-8-16-11/h3,5,9,11-12,16,19H,1-2,4,6-8,10H2. The molecular weight excluding hydrogens is 254 g/mol. The lowest BCUT2D eigenvalue weighted by atomic mass is 10.0. The zero-order valence-corrected chi connectivity index (χ0v) is 11.6. The number of hydrogen-bond acceptors (Lipinski definition) is 4. The number of pyridine rings is 1. The van der Waals surface area contributed by atoms with Crippen LogP contribution in [0.3, 0.4) is 0 Å². The third-order valence-corrected chi connectivity index (χ3v) is 4.07. The number of nitrogens with one attached hydrogen (secondary N) is 1. The van der Waals surface area contributed by atoms with E-state index in [4.69, 9.17) is 0 Å². The van der Waals surface area contributed by atoms with E-state index in [0.29, 0.717) is 12.1 Å². The summed E-state index contributed by atoms with van der Waals surface area (Å²) in [5.41, 5.74) is 0.176. The van der Waals surface area contributed by atoms with Crippen molar-refractivity contribution in [3.63, 3.8) is 0 Å². The maximum Gasteiger partial charge on any atom is 0.276 e. The molecule has 1 saturated carbocycles. The van der Waals surface area contributed by atoms with Gasteiger partial charge in [0.1, 0.15) is 5.75 Å². The predicted octanol–water partition coefficient (Wildman–Crippen LogP) is 1.53. The molecule has 1 unspecified atom stereocenters. The molecule has 2 aliphatic rings. The molecule has 1 atom stereocenters. The lowest BCUT2D eigenvalue weighted by molar-refractivity contribution is 0.0708. The second kappa shape index (κ2) is 5.79. The first-order valence-corrected chi connectivity index (χ1v) is 7.44. The van der Waals surface area contributed by atoms with Gasteiger partial charge in [-0.2, -0.15) is 0 Å². The van der Waals surface area contributed by atoms with E-state index in [0.717, 1.165) is 32.4 Å². The molecule has 5 heteroatoms. The van der Waals surface area contributed by atoms with E-state index in [-0.39, 0.29) is 17.4 Å². The third kappa shape index (κ3) is 2.93. The fraction of sp³-hybridized carbons (Fsp3) is 0.600. The van der Waals surface area contributed by atoms with E-state index < -0.39 is 0 Å². The maximum absolute atomic E-state index is 12.6. The van der Waals surface area contributed by atoms with Crippen LogP contribution in [0.1, 0.15) is 42.6 Å². The van der Waals surface area contributed by atoms with Gasteiger partial charge in [0.05, 0.1) is 0 Å². The van der Waals surface area contributed by atoms with Crippen LogP contribution in [0.2, 0.25) is 0 Å². The minimum absolute atomic E-state index is 0.0280. The monoisotopic (exact) mass is 275 g/mol. The SMILES string of the molecule is O=C(c1ncccc1O)N(CC1CCCCN1)C1CC1. The van der Waals surface area contributed by atoms with Gasteiger partial charge in [0, 0.05) is 24.8 Å². The van der Waals surface area contributed by atoms with Gasteiger partial charge in [0.15, 0.2) is 5.69 Å². The van der Waals surface area contributed by atoms with Gasteiger partial charge in [-0.25, -0.2) is 4.98 Å². The Morgan fingerprint density at radius 3 is 2.90 bits per heavy atom. The lowest BCUT2D eigenvalue weighted by Gasteiger charge is -2.30. The smallest absolute Gasteiger partial charge is 0.276 e. The number of hydrogen-bond donors (Lipinski definition) is 2. The van der Waals surface area contributed by atoms with Crippen molar-refractivity contribution < 1.29 is 9.90 Å². The van der Waals surface area contributed by atoms with E-state index in [1.54, 1.807) is 12.3 Å². The van der Waals surface area contributed by atoms with Crippen LogP contribution in [0.15, 0.2) is 18.3 Å². The Kier molecular flexibility index (Phi) is 3.87. The molecule has 0 spiro atoms. The first-order valence-electron chi connectivity index (χ1n) is 7.44. The van der Waals surface area contributed by atoms with Crippen LogP contribution in [0, 0.1) is 0 Å². The van der Waals surface area contributed by atoms with E-state index >= 15 is 0 Å². The minimum atomic E-state index is -0.141. The van der Waals surface area contributed by atoms with E-state index in [9.17, 15) is 9.90 Å². The second-order valence-corrected chi connectivity index (χ2v) is 5.71. The third-order valence-electron chi connectivity index (χ3n) is 4.07. The highest BCUT2D eigenvalue weighted by molar-refractivity contribution is 5.95. The number of piperidine rings is 1. The van der Waals surface area contributed by atoms with Crippen LogP contribution in [-0.2, 0) is 0 Å². The quantitative estimate of drug-likeness (QED) is 0.874. The summed E-state index contributed by atoms with van der Waals surface area (Å²) < 4.78 is 0. The van der Waals surface area contributed by atoms with Crippen LogP contribution >= 0.6 is 0 Å². The Bertz CT molecular complexity index is 482. The molecule has 1 amide bonds. The van der Waals surface area contributed by atoms with E-state index in [1.165, 1.54) is 18.9 Å². The first-order chi connectivity index (χ1) is 9.75. The second-order valence-electron chi connectivity index (χ2n) is 5.71. The topological polar surface area (TPSA) is 65.5 Å². The summed E-state index contributed by atoms with van der Waals surface area (Å²) in [5, 5.41) is 13.3. The van der Waals surface area contributed by atoms with Gasteiger partial charge < -0.3 is 15.3 Å². The van der Waals surface area contributed by atoms with Crippen LogP contribution in [-0.4, -0.2) is 46.1 Å². The molecule has 2 heterocycles. The summed E-state index contributed by atoms with van der Waals surface area (Å²) in [7, 11) is 0. The van der Waals surface area contributed by atoms with Crippen molar-refractivity contribution in [3.05, 3.63) is 24.0 Å². The summed E-state index contributed by atoms with van der Waals surface area (Å²) in [6.45, 7) is 1.76. The highest BCUT2D eigenvalue weighted by Gasteiger charge is 2.35. The van der Waals surface area contributed by atoms with Gasteiger partial charge in [0.25, 0.3) is 5.91 Å². The van der Waals surface area contributed by atoms with Crippen molar-refractivity contribution in [1.82, 2.24) is 15.2 Å². The molecule has 0 aromatic carbocycles. The fourth-order valence-electron chi connectivity index (χ4n) is 2.80. The van der Waals surface area contributed by atoms with E-state index in [1.807, 2.05) is 4.90 Å². The molecule has 2 N–H and O–H groups in total. The van der Waals surface area contributed by atoms with Gasteiger partial charge in [-0.1, -0.05) is 6.42 Å². The molecule has 1 aliphatic carbocycles. The number of carbonyl (C=O) groups is 1. The molecule has 108 valence electrons. The van der Waals surface area contributed by atoms with Crippen molar-refractivity contribution in [2.75, 3.05) is 13.1 Å². The largest absolute Gasteiger partial charge is 0.505 e. The van der Waals surface area contributed by atoms with Crippen molar-refractivity contribution in [2.45, 2.75) is 44.2 Å². The fourth-order valence-corrected chi connectivity index (χ4v) is 2.80. The summed E-state index contributed by atoms with van der Waals surface area (Å²) in [4.78, 5) is 18.5. The number of carbonyl (C=O) groups excluding carboxylic acids is 1. The minimum Gasteiger partial charge on any atom is -0.505 e. The highest BCUT2D eigenvalue weighted by Crippen LogP contribution is 2.30. The first kappa shape index (κ1) is 13.4. The van der Waals surface area contributed by atoms with Gasteiger partial charge in [-0.05, 0) is 44.4 Å². The molecule has 0 bridgehead atoms. The summed E-state index contributed by atoms with van der Waals surface area (Å²) in [5.74, 6) is -0.169. The normalized spacial score (nSPS) is 22.5. The summed E-state index contributed by atoms with van der Waals surface area (Å²) in [6.07, 6.45) is 7.23. The average molecular weight is 275 g/mol. The van der Waals surface area contributed by atoms with Crippen molar-refractivity contribution in [3.8, 4) is 5.75 Å². The lowest BCUT2D eigenvalue weighted by Crippen LogP contribution is -2.46. The molecule has 20 heavy (non-hydrogen) atoms. The Labute approximate surface area is 119 Å². The van der Waals surface area contributed by atoms with Crippen molar-refractivity contribution in [2.24, 2.45) is 0 Å². The molecule has 1 aromatic rings. The van der Waals surface area contributed by atoms with Crippen LogP contribution in [0.5, 0.6) is 5.75 Å². The molecule has 2 fully saturated rings. The van der Waals surface area contributed by atoms with Crippen LogP contribution in [0.4, 0.5) is 0 Å². The number of aromatic nitrogens is 1. The van der Waals surface area contributed by atoms with Gasteiger partial charge >= 0.3 is 0 Å². The van der Waals surface area contributed by atoms with Crippen LogP contribution in [0.25, 0.3) is 0 Å². The molecule has 1 aromatic heterocycles. The zero-order chi connectivity index (χ0) is 13.9. The predicted molar refractivity (Wildman–Crippen MR) is 75.6 cm³/mol. The Morgan fingerprint density at radius 1 is 1.40 bits per heavy atom. The molecular formula is C15H21N3O2. The Balaban J connectivity index is 1.73. The number of aromatic hydroxyl groups is 1. The molecule has 1 aliphatic heterocycles. The summed E-state index contributed by atoms with van der Waals surface area (Å²) >= 11 is 0. The van der Waals surface area contributed by atoms with Gasteiger partial charge in [0.2, 0.25) is 0 Å². The number of amides is 1. The molecule has 1 saturated heterocycles. The van der Waals surface area contributed by atoms with Gasteiger partial charge in [-0.15, -0.1) is 0 Å². The Morgan fingerprint density at radius 2 is 2.25 bits per heavy atom. The van der Waals surface area contributed by atoms with Crippen molar-refractivity contribution >= 4 is 5.91 Å². The van der Waals surface area contributed by atoms with E-state index in [2.05, 4.69) is 10.3 Å². The molecule has 0 radical (unpaired) electrons. The summed E-state index contributed by atoms with van der Waals surface area (Å²) in [6, 6.07) is 3.85. The van der Waals surface area contributed by atoms with Crippen molar-refractivity contribution in [1.29, 1.82) is 0 Å². The zero-order valence-electron chi connectivity index (χ0n) is 11.6. The molecule has 5 nitrogen and oxygen atoms in total. The Hall–Kier alpha value is -1.62. The molecule has 3 rings (SSSR count). The highest BCUT2D eigenvalue weighted by atomic mass is 16.3. The van der Waals surface area contributed by atoms with Crippen LogP contribution < -0.4 is 5.32 Å².